The van der Waals surface area contributed by atoms with Crippen LogP contribution in [0.1, 0.15) is 0 Å². The van der Waals surface area contributed by atoms with Gasteiger partial charge >= 0.3 is 0 Å². The van der Waals surface area contributed by atoms with E-state index in [4.69, 9.17) is 21.2 Å². The molecule has 1 aliphatic carbocycles. The molecule has 1 rings (SSSR count). The standard InChI is InChI=1S/C12H3F4N4/c13-9-7(5(1-17)2-18)10(14)12(16)8(11(9)15)6(3-19)4-20/h7-8,17H. The Hall–Kier alpha value is -2.88. The quantitative estimate of drug-likeness (QED) is 0.478. The van der Waals surface area contributed by atoms with E-state index >= 15 is 0 Å². The van der Waals surface area contributed by atoms with Gasteiger partial charge in [0.2, 0.25) is 0 Å². The predicted molar refractivity (Wildman–Crippen MR) is 56.8 cm³/mol. The van der Waals surface area contributed by atoms with Crippen molar-refractivity contribution in [2.75, 3.05) is 0 Å². The van der Waals surface area contributed by atoms with Gasteiger partial charge in [0, 0.05) is 0 Å². The van der Waals surface area contributed by atoms with Crippen LogP contribution in [0.3, 0.4) is 0 Å². The first kappa shape index (κ1) is 15.2. The Balaban J connectivity index is 3.52. The molecule has 99 valence electrons. The number of nitrogens with one attached hydrogen (secondary N) is 1. The third-order valence-corrected chi connectivity index (χ3v) is 2.54. The van der Waals surface area contributed by atoms with Crippen molar-refractivity contribution in [3.8, 4) is 18.2 Å². The fourth-order valence-electron chi connectivity index (χ4n) is 1.60. The second-order valence-corrected chi connectivity index (χ2v) is 3.55. The first-order valence-electron chi connectivity index (χ1n) is 4.91. The van der Waals surface area contributed by atoms with Crippen molar-refractivity contribution < 1.29 is 17.6 Å². The maximum absolute atomic E-state index is 13.7. The Kier molecular flexibility index (Phi) is 4.43. The predicted octanol–water partition coefficient (Wildman–Crippen LogP) is 2.85. The van der Waals surface area contributed by atoms with E-state index in [2.05, 4.69) is 0 Å². The van der Waals surface area contributed by atoms with Gasteiger partial charge in [0.15, 0.2) is 5.92 Å². The summed E-state index contributed by atoms with van der Waals surface area (Å²) in [6, 6.07) is 3.48. The van der Waals surface area contributed by atoms with Crippen LogP contribution in [0, 0.1) is 57.2 Å². The minimum Gasteiger partial charge on any atom is -0.258 e. The molecule has 20 heavy (non-hydrogen) atoms. The van der Waals surface area contributed by atoms with Crippen LogP contribution in [0.4, 0.5) is 17.6 Å². The molecule has 0 aliphatic heterocycles. The molecule has 0 saturated heterocycles. The van der Waals surface area contributed by atoms with Crippen molar-refractivity contribution in [2.45, 2.75) is 0 Å². The monoisotopic (exact) mass is 279 g/mol. The smallest absolute Gasteiger partial charge is 0.192 e. The molecule has 4 nitrogen and oxygen atoms in total. The van der Waals surface area contributed by atoms with E-state index in [1.54, 1.807) is 0 Å². The lowest BCUT2D eigenvalue weighted by molar-refractivity contribution is 0.336. The molecular weight excluding hydrogens is 276 g/mol. The highest BCUT2D eigenvalue weighted by Gasteiger charge is 2.45. The van der Waals surface area contributed by atoms with Gasteiger partial charge in [-0.15, -0.1) is 0 Å². The maximum atomic E-state index is 13.7. The molecule has 0 unspecified atom stereocenters. The number of hydrogen-bond acceptors (Lipinski definition) is 4. The minimum absolute atomic E-state index is 0.973. The van der Waals surface area contributed by atoms with Crippen molar-refractivity contribution >= 4 is 5.87 Å². The molecule has 0 aromatic carbocycles. The number of nitrogens with zero attached hydrogens (tertiary/aromatic N) is 3. The maximum Gasteiger partial charge on any atom is 0.192 e. The third kappa shape index (κ3) is 2.19. The SMILES string of the molecule is N#C[C](C#N)C1C(F)=C(F)C(C(=C=N)C#N)C(F)=C1F. The summed E-state index contributed by atoms with van der Waals surface area (Å²) < 4.78 is 54.8. The van der Waals surface area contributed by atoms with Crippen LogP contribution in [-0.2, 0) is 0 Å². The number of hydrogen-bond donors (Lipinski definition) is 1. The van der Waals surface area contributed by atoms with Crippen LogP contribution < -0.4 is 0 Å². The Bertz CT molecular complexity index is 640. The van der Waals surface area contributed by atoms with Gasteiger partial charge in [-0.05, 0) is 5.87 Å². The van der Waals surface area contributed by atoms with Crippen LogP contribution in [0.2, 0.25) is 0 Å². The highest BCUT2D eigenvalue weighted by molar-refractivity contribution is 5.65. The molecule has 0 heterocycles. The summed E-state index contributed by atoms with van der Waals surface area (Å²) in [5.41, 5.74) is -0.973. The lowest BCUT2D eigenvalue weighted by atomic mass is 9.82. The van der Waals surface area contributed by atoms with E-state index < -0.39 is 46.6 Å². The van der Waals surface area contributed by atoms with Gasteiger partial charge in [0.25, 0.3) is 0 Å². The molecule has 1 radical (unpaired) electrons. The Morgan fingerprint density at radius 2 is 1.20 bits per heavy atom. The lowest BCUT2D eigenvalue weighted by Gasteiger charge is -2.23. The van der Waals surface area contributed by atoms with Gasteiger partial charge < -0.3 is 0 Å². The Labute approximate surface area is 110 Å². The Morgan fingerprint density at radius 3 is 1.50 bits per heavy atom. The molecule has 0 spiro atoms. The highest BCUT2D eigenvalue weighted by atomic mass is 19.2. The zero-order valence-corrected chi connectivity index (χ0v) is 9.51. The summed E-state index contributed by atoms with van der Waals surface area (Å²) in [4.78, 5) is 0. The van der Waals surface area contributed by atoms with Gasteiger partial charge in [-0.1, -0.05) is 0 Å². The zero-order valence-electron chi connectivity index (χ0n) is 9.51. The molecule has 0 aromatic rings. The number of nitriles is 3. The van der Waals surface area contributed by atoms with Crippen LogP contribution in [-0.4, -0.2) is 5.87 Å². The zero-order chi connectivity index (χ0) is 15.4. The van der Waals surface area contributed by atoms with Crippen molar-refractivity contribution in [1.82, 2.24) is 0 Å². The molecule has 0 aromatic heterocycles. The fraction of sp³-hybridized carbons (Fsp3) is 0.167. The largest absolute Gasteiger partial charge is 0.258 e. The summed E-state index contributed by atoms with van der Waals surface area (Å²) in [5, 5.41) is 32.3. The molecule has 0 saturated carbocycles. The first-order chi connectivity index (χ1) is 9.44. The van der Waals surface area contributed by atoms with Gasteiger partial charge in [-0.25, -0.2) is 17.6 Å². The molecule has 0 atom stereocenters. The topological polar surface area (TPSA) is 95.2 Å². The molecule has 1 N–H and O–H groups in total. The molecule has 8 heteroatoms. The first-order valence-corrected chi connectivity index (χ1v) is 4.91. The van der Waals surface area contributed by atoms with Gasteiger partial charge in [-0.3, -0.25) is 5.41 Å². The van der Waals surface area contributed by atoms with Gasteiger partial charge in [0.05, 0.1) is 12.1 Å². The molecule has 0 bridgehead atoms. The van der Waals surface area contributed by atoms with Crippen molar-refractivity contribution in [3.05, 3.63) is 34.8 Å². The molecule has 1 aliphatic rings. The van der Waals surface area contributed by atoms with Crippen LogP contribution in [0.25, 0.3) is 0 Å². The van der Waals surface area contributed by atoms with Gasteiger partial charge in [-0.2, -0.15) is 15.8 Å². The molecule has 0 fully saturated rings. The molecular formula is C12H3F4N4. The van der Waals surface area contributed by atoms with Gasteiger partial charge in [0.1, 0.15) is 46.8 Å². The lowest BCUT2D eigenvalue weighted by Crippen LogP contribution is -2.23. The van der Waals surface area contributed by atoms with E-state index in [1.165, 1.54) is 11.9 Å². The van der Waals surface area contributed by atoms with E-state index in [-0.39, 0.29) is 0 Å². The highest BCUT2D eigenvalue weighted by Crippen LogP contribution is 2.46. The number of allylic oxidation sites excluding steroid dienone is 5. The van der Waals surface area contributed by atoms with Crippen molar-refractivity contribution in [3.63, 3.8) is 0 Å². The number of halogens is 4. The third-order valence-electron chi connectivity index (χ3n) is 2.54. The summed E-state index contributed by atoms with van der Waals surface area (Å²) in [6.07, 6.45) is 0. The van der Waals surface area contributed by atoms with Crippen LogP contribution in [0.15, 0.2) is 28.9 Å². The van der Waals surface area contributed by atoms with E-state index in [9.17, 15) is 17.6 Å². The second-order valence-electron chi connectivity index (χ2n) is 3.55. The molecule has 0 amide bonds. The minimum atomic E-state index is -2.40. The average molecular weight is 279 g/mol. The van der Waals surface area contributed by atoms with E-state index in [0.29, 0.717) is 0 Å². The second kappa shape index (κ2) is 5.84. The normalized spacial score (nSPS) is 21.9. The van der Waals surface area contributed by atoms with E-state index in [1.807, 2.05) is 0 Å². The average Bonchev–Trinajstić information content (AvgIpc) is 2.46. The fourth-order valence-corrected chi connectivity index (χ4v) is 1.60. The summed E-state index contributed by atoms with van der Waals surface area (Å²) in [6.45, 7) is 0. The van der Waals surface area contributed by atoms with Crippen molar-refractivity contribution in [2.24, 2.45) is 11.8 Å². The Morgan fingerprint density at radius 1 is 0.800 bits per heavy atom. The van der Waals surface area contributed by atoms with Crippen molar-refractivity contribution in [1.29, 1.82) is 21.2 Å². The summed E-state index contributed by atoms with van der Waals surface area (Å²) in [5.74, 6) is -11.9. The number of rotatable bonds is 2. The summed E-state index contributed by atoms with van der Waals surface area (Å²) in [7, 11) is 0. The van der Waals surface area contributed by atoms with Crippen LogP contribution >= 0.6 is 0 Å². The summed E-state index contributed by atoms with van der Waals surface area (Å²) >= 11 is 0. The van der Waals surface area contributed by atoms with Crippen LogP contribution in [0.5, 0.6) is 0 Å². The van der Waals surface area contributed by atoms with E-state index in [0.717, 1.165) is 12.1 Å².